The summed E-state index contributed by atoms with van der Waals surface area (Å²) in [7, 11) is 0. The number of fused-ring (bicyclic) bond motifs is 3. The number of aliphatic imine (C=N–C) groups is 3. The predicted molar refractivity (Wildman–Crippen MR) is 321 cm³/mol. The van der Waals surface area contributed by atoms with Crippen LogP contribution in [-0.4, -0.2) is 85.5 Å². The fraction of sp³-hybridized carbons (Fsp3) is 0.304. The van der Waals surface area contributed by atoms with Gasteiger partial charge in [-0.1, -0.05) is 135 Å². The van der Waals surface area contributed by atoms with Crippen molar-refractivity contribution in [1.82, 2.24) is 0 Å². The van der Waals surface area contributed by atoms with Gasteiger partial charge in [-0.3, -0.25) is 15.0 Å². The first-order valence-electron chi connectivity index (χ1n) is 28.0. The number of phenolic OH excluding ortho intramolecular Hbond substituents is 3. The summed E-state index contributed by atoms with van der Waals surface area (Å²) >= 11 is 0. The number of hydrogen-bond donors (Lipinski definition) is 6. The number of hydrogen-bond acceptors (Lipinski definition) is 15. The first kappa shape index (κ1) is 58.4. The van der Waals surface area contributed by atoms with Crippen molar-refractivity contribution in [2.45, 2.75) is 134 Å². The summed E-state index contributed by atoms with van der Waals surface area (Å²) in [6.45, 7) is 16.9. The minimum Gasteiger partial charge on any atom is -0.507 e. The third-order valence-corrected chi connectivity index (χ3v) is 15.7. The maximum absolute atomic E-state index is 14.6. The van der Waals surface area contributed by atoms with Crippen LogP contribution in [0.15, 0.2) is 142 Å². The number of phenols is 3. The molecule has 6 N–H and O–H groups in total. The Morgan fingerprint density at radius 1 is 0.405 bits per heavy atom. The zero-order chi connectivity index (χ0) is 60.2. The summed E-state index contributed by atoms with van der Waals surface area (Å²) in [6, 6.07) is 33.4. The molecular formula is C69H69N3O12. The van der Waals surface area contributed by atoms with E-state index in [9.17, 15) is 45.0 Å². The highest BCUT2D eigenvalue weighted by atomic mass is 16.5. The SMILES string of the molecule is CC(C)(C)c1cc(OC(=O)c2cc(C(=O)Oc3cc(C=N[C@@H]4c5ccccc5C[C@@H]4O)c(O)c(C(C)(C)C)c3)cc(C(=O)Oc3cc(C=N[C@@H]4c5ccccc5C[C@@H]4O)c(O)c(C(C)(C)C)c3)c2)cc(C=N[C@@H]2c3ccccc3C[C@@H]2O)c1O. The van der Waals surface area contributed by atoms with Crippen molar-refractivity contribution in [3.63, 3.8) is 0 Å². The van der Waals surface area contributed by atoms with E-state index in [1.807, 2.05) is 135 Å². The molecule has 0 spiro atoms. The Morgan fingerprint density at radius 3 is 0.905 bits per heavy atom. The van der Waals surface area contributed by atoms with Gasteiger partial charge in [-0.25, -0.2) is 14.4 Å². The molecule has 84 heavy (non-hydrogen) atoms. The summed E-state index contributed by atoms with van der Waals surface area (Å²) in [5, 5.41) is 67.9. The molecule has 0 amide bonds. The van der Waals surface area contributed by atoms with E-state index in [1.165, 1.54) is 73.2 Å². The number of aliphatic hydroxyl groups is 3. The second-order valence-corrected chi connectivity index (χ2v) is 25.0. The van der Waals surface area contributed by atoms with E-state index in [4.69, 9.17) is 29.2 Å². The fourth-order valence-electron chi connectivity index (χ4n) is 11.2. The molecule has 7 aromatic carbocycles. The molecule has 0 heterocycles. The highest BCUT2D eigenvalue weighted by molar-refractivity contribution is 6.02. The number of carbonyl (C=O) groups is 3. The average molecular weight is 1130 g/mol. The number of nitrogens with zero attached hydrogens (tertiary/aromatic N) is 3. The van der Waals surface area contributed by atoms with E-state index in [-0.39, 0.29) is 67.9 Å². The lowest BCUT2D eigenvalue weighted by molar-refractivity contribution is 0.0733. The molecule has 3 aliphatic carbocycles. The Morgan fingerprint density at radius 2 is 0.655 bits per heavy atom. The lowest BCUT2D eigenvalue weighted by atomic mass is 9.85. The molecule has 6 atom stereocenters. The summed E-state index contributed by atoms with van der Waals surface area (Å²) in [5.41, 5.74) is 4.47. The molecule has 7 aromatic rings. The highest BCUT2D eigenvalue weighted by Crippen LogP contribution is 2.43. The largest absolute Gasteiger partial charge is 0.507 e. The van der Waals surface area contributed by atoms with Crippen LogP contribution in [0.25, 0.3) is 0 Å². The molecule has 15 nitrogen and oxygen atoms in total. The Labute approximate surface area is 488 Å². The van der Waals surface area contributed by atoms with Crippen molar-refractivity contribution in [1.29, 1.82) is 0 Å². The molecule has 15 heteroatoms. The Balaban J connectivity index is 1.02. The fourth-order valence-corrected chi connectivity index (χ4v) is 11.2. The number of ether oxygens (including phenoxy) is 3. The Hall–Kier alpha value is -8.76. The molecule has 0 aliphatic heterocycles. The van der Waals surface area contributed by atoms with E-state index in [1.54, 1.807) is 0 Å². The van der Waals surface area contributed by atoms with Crippen LogP contribution in [0.3, 0.4) is 0 Å². The van der Waals surface area contributed by atoms with Crippen molar-refractivity contribution in [2.24, 2.45) is 15.0 Å². The zero-order valence-corrected chi connectivity index (χ0v) is 48.4. The molecule has 0 aromatic heterocycles. The lowest BCUT2D eigenvalue weighted by Crippen LogP contribution is -2.18. The molecule has 0 saturated heterocycles. The summed E-state index contributed by atoms with van der Waals surface area (Å²) in [4.78, 5) is 58.1. The standard InChI is InChI=1S/C69H69N3O12/c1-67(2,3)52-31-46(25-43(61(52)76)34-70-58-49-19-13-10-16-37(49)28-55(58)73)82-64(79)40-22-41(65(80)83-47-26-44(62(77)53(32-47)68(4,5)6)35-71-59-50-20-14-11-17-38(50)29-56(59)74)24-42(23-40)66(81)84-48-27-45(63(78)54(33-48)69(7,8)9)36-72-60-51-21-15-12-18-39(51)30-57(60)75/h10-27,31-36,55-60,73-78H,28-30H2,1-9H3/t55-,56-,57-,58+,59+,60+/m0/s1. The number of rotatable bonds is 12. The normalized spacial score (nSPS) is 19.4. The van der Waals surface area contributed by atoms with Gasteiger partial charge in [-0.2, -0.15) is 0 Å². The van der Waals surface area contributed by atoms with E-state index in [2.05, 4.69) is 0 Å². The van der Waals surface area contributed by atoms with Crippen LogP contribution < -0.4 is 14.2 Å². The van der Waals surface area contributed by atoms with Crippen LogP contribution in [0, 0.1) is 0 Å². The van der Waals surface area contributed by atoms with E-state index >= 15 is 0 Å². The van der Waals surface area contributed by atoms with Gasteiger partial charge in [0.25, 0.3) is 0 Å². The van der Waals surface area contributed by atoms with Crippen molar-refractivity contribution in [3.05, 3.63) is 211 Å². The minimum absolute atomic E-state index is 0.00290. The second kappa shape index (κ2) is 22.8. The van der Waals surface area contributed by atoms with E-state index in [0.717, 1.165) is 33.4 Å². The topological polar surface area (TPSA) is 237 Å². The molecule has 0 radical (unpaired) electrons. The quantitative estimate of drug-likeness (QED) is 0.0381. The van der Waals surface area contributed by atoms with Crippen LogP contribution in [0.5, 0.6) is 34.5 Å². The number of aromatic hydroxyl groups is 3. The van der Waals surface area contributed by atoms with E-state index < -0.39 is 70.6 Å². The first-order chi connectivity index (χ1) is 39.7. The van der Waals surface area contributed by atoms with Crippen molar-refractivity contribution >= 4 is 36.6 Å². The maximum atomic E-state index is 14.6. The van der Waals surface area contributed by atoms with Crippen molar-refractivity contribution < 1.29 is 59.2 Å². The van der Waals surface area contributed by atoms with Gasteiger partial charge < -0.3 is 44.8 Å². The molecule has 432 valence electrons. The second-order valence-electron chi connectivity index (χ2n) is 25.0. The van der Waals surface area contributed by atoms with Crippen LogP contribution in [0.4, 0.5) is 0 Å². The Kier molecular flexibility index (Phi) is 15.8. The van der Waals surface area contributed by atoms with Gasteiger partial charge in [0, 0.05) is 71.3 Å². The molecule has 0 saturated carbocycles. The number of benzene rings is 7. The van der Waals surface area contributed by atoms with Crippen molar-refractivity contribution in [2.75, 3.05) is 0 Å². The minimum atomic E-state index is -1.00. The molecule has 0 fully saturated rings. The average Bonchev–Trinajstić information content (AvgIpc) is 4.26. The number of esters is 3. The van der Waals surface area contributed by atoms with Gasteiger partial charge in [-0.15, -0.1) is 0 Å². The molecule has 0 bridgehead atoms. The number of aliphatic hydroxyl groups excluding tert-OH is 3. The predicted octanol–water partition coefficient (Wildman–Crippen LogP) is 11.6. The Bertz CT molecular complexity index is 3440. The monoisotopic (exact) mass is 1130 g/mol. The smallest absolute Gasteiger partial charge is 0.343 e. The van der Waals surface area contributed by atoms with Crippen LogP contribution in [0.2, 0.25) is 0 Å². The van der Waals surface area contributed by atoms with Gasteiger partial charge in [0.1, 0.15) is 52.6 Å². The molecule has 0 unspecified atom stereocenters. The molecular weight excluding hydrogens is 1060 g/mol. The van der Waals surface area contributed by atoms with Gasteiger partial charge in [0.05, 0.1) is 35.0 Å². The third-order valence-electron chi connectivity index (χ3n) is 15.7. The van der Waals surface area contributed by atoms with Gasteiger partial charge >= 0.3 is 17.9 Å². The molecule has 3 aliphatic rings. The summed E-state index contributed by atoms with van der Waals surface area (Å²) in [6.07, 6.45) is 3.14. The lowest BCUT2D eigenvalue weighted by Gasteiger charge is -2.23. The van der Waals surface area contributed by atoms with Gasteiger partial charge in [0.15, 0.2) is 0 Å². The van der Waals surface area contributed by atoms with Crippen LogP contribution in [-0.2, 0) is 35.5 Å². The van der Waals surface area contributed by atoms with Gasteiger partial charge in [-0.05, 0) is 104 Å². The first-order valence-corrected chi connectivity index (χ1v) is 28.0. The van der Waals surface area contributed by atoms with Crippen LogP contribution in [0.1, 0.15) is 178 Å². The van der Waals surface area contributed by atoms with E-state index in [0.29, 0.717) is 36.0 Å². The third kappa shape index (κ3) is 12.2. The number of carbonyl (C=O) groups excluding carboxylic acids is 3. The zero-order valence-electron chi connectivity index (χ0n) is 48.4. The maximum Gasteiger partial charge on any atom is 0.343 e. The van der Waals surface area contributed by atoms with Gasteiger partial charge in [0.2, 0.25) is 0 Å². The van der Waals surface area contributed by atoms with Crippen molar-refractivity contribution in [3.8, 4) is 34.5 Å². The highest BCUT2D eigenvalue weighted by Gasteiger charge is 2.34. The summed E-state index contributed by atoms with van der Waals surface area (Å²) in [5.74, 6) is -3.35. The van der Waals surface area contributed by atoms with Crippen LogP contribution >= 0.6 is 0 Å². The summed E-state index contributed by atoms with van der Waals surface area (Å²) < 4.78 is 18.2. The molecule has 10 rings (SSSR count).